The first-order valence-corrected chi connectivity index (χ1v) is 7.66. The van der Waals surface area contributed by atoms with Crippen LogP contribution in [0.2, 0.25) is 0 Å². The van der Waals surface area contributed by atoms with Crippen LogP contribution in [-0.2, 0) is 11.5 Å². The molecule has 20 heavy (non-hydrogen) atoms. The van der Waals surface area contributed by atoms with E-state index >= 15 is 0 Å². The lowest BCUT2D eigenvalue weighted by atomic mass is 10.1. The zero-order valence-electron chi connectivity index (χ0n) is 11.5. The molecule has 1 aromatic rings. The van der Waals surface area contributed by atoms with Gasteiger partial charge in [-0.2, -0.15) is 13.2 Å². The maximum absolute atomic E-state index is 13.1. The monoisotopic (exact) mass is 350 g/mol. The first-order chi connectivity index (χ1) is 9.32. The molecule has 1 saturated heterocycles. The van der Waals surface area contributed by atoms with E-state index in [0.29, 0.717) is 11.7 Å². The molecule has 2 nitrogen and oxygen atoms in total. The van der Waals surface area contributed by atoms with Crippen molar-refractivity contribution in [1.29, 1.82) is 0 Å². The second kappa shape index (κ2) is 5.93. The molecule has 0 spiro atoms. The summed E-state index contributed by atoms with van der Waals surface area (Å²) in [7, 11) is 2.04. The summed E-state index contributed by atoms with van der Waals surface area (Å²) in [5, 5.41) is 0.210. The lowest BCUT2D eigenvalue weighted by molar-refractivity contribution is -0.138. The summed E-state index contributed by atoms with van der Waals surface area (Å²) in [6, 6.07) is 4.96. The minimum Gasteiger partial charge on any atom is -0.369 e. The largest absolute Gasteiger partial charge is 0.416 e. The van der Waals surface area contributed by atoms with Gasteiger partial charge in [-0.25, -0.2) is 0 Å². The number of alkyl halides is 4. The number of benzene rings is 1. The quantitative estimate of drug-likeness (QED) is 0.749. The van der Waals surface area contributed by atoms with Crippen LogP contribution in [0.5, 0.6) is 0 Å². The molecule has 1 aromatic carbocycles. The molecule has 112 valence electrons. The Labute approximate surface area is 125 Å². The Kier molecular flexibility index (Phi) is 4.64. The normalized spacial score (nSPS) is 21.3. The van der Waals surface area contributed by atoms with Crippen LogP contribution in [0.25, 0.3) is 0 Å². The van der Waals surface area contributed by atoms with Crippen molar-refractivity contribution in [3.05, 3.63) is 29.3 Å². The number of halogens is 4. The molecule has 0 bridgehead atoms. The number of hydrogen-bond donors (Lipinski definition) is 0. The fourth-order valence-electron chi connectivity index (χ4n) is 2.42. The molecule has 2 rings (SSSR count). The molecule has 1 unspecified atom stereocenters. The number of likely N-dealkylation sites (N-methyl/N-ethyl adjacent to an activating group) is 1. The highest BCUT2D eigenvalue weighted by molar-refractivity contribution is 9.08. The van der Waals surface area contributed by atoms with E-state index < -0.39 is 11.7 Å². The summed E-state index contributed by atoms with van der Waals surface area (Å²) < 4.78 is 39.2. The predicted molar refractivity (Wildman–Crippen MR) is 78.4 cm³/mol. The van der Waals surface area contributed by atoms with Gasteiger partial charge in [0.15, 0.2) is 0 Å². The lowest BCUT2D eigenvalue weighted by Crippen LogP contribution is -2.50. The van der Waals surface area contributed by atoms with Crippen LogP contribution in [0.1, 0.15) is 18.1 Å². The SMILES string of the molecule is CC1CN(c2ccc(CBr)c(C(F)(F)F)c2)CCN1C. The first-order valence-electron chi connectivity index (χ1n) is 6.54. The summed E-state index contributed by atoms with van der Waals surface area (Å²) in [6.07, 6.45) is -4.31. The summed E-state index contributed by atoms with van der Waals surface area (Å²) in [5.41, 5.74) is 0.392. The molecular formula is C14H18BrF3N2. The Balaban J connectivity index is 2.30. The van der Waals surface area contributed by atoms with E-state index in [1.807, 2.05) is 11.9 Å². The van der Waals surface area contributed by atoms with E-state index in [2.05, 4.69) is 27.8 Å². The average Bonchev–Trinajstić information content (AvgIpc) is 2.40. The van der Waals surface area contributed by atoms with Gasteiger partial charge in [-0.3, -0.25) is 0 Å². The first kappa shape index (κ1) is 15.6. The Hall–Kier alpha value is -0.750. The van der Waals surface area contributed by atoms with E-state index in [9.17, 15) is 13.2 Å². The zero-order valence-corrected chi connectivity index (χ0v) is 13.1. The molecule has 1 aliphatic rings. The molecule has 1 atom stereocenters. The maximum Gasteiger partial charge on any atom is 0.416 e. The van der Waals surface area contributed by atoms with Crippen molar-refractivity contribution in [3.8, 4) is 0 Å². The van der Waals surface area contributed by atoms with Crippen LogP contribution < -0.4 is 4.90 Å². The van der Waals surface area contributed by atoms with E-state index in [1.54, 1.807) is 12.1 Å². The van der Waals surface area contributed by atoms with Crippen molar-refractivity contribution in [2.45, 2.75) is 24.5 Å². The fraction of sp³-hybridized carbons (Fsp3) is 0.571. The van der Waals surface area contributed by atoms with Gasteiger partial charge in [0.2, 0.25) is 0 Å². The van der Waals surface area contributed by atoms with Crippen molar-refractivity contribution < 1.29 is 13.2 Å². The zero-order chi connectivity index (χ0) is 14.9. The van der Waals surface area contributed by atoms with Gasteiger partial charge in [0, 0.05) is 36.7 Å². The second-order valence-corrected chi connectivity index (χ2v) is 5.81. The standard InChI is InChI=1S/C14H18BrF3N2/c1-10-9-20(6-5-19(10)2)12-4-3-11(8-15)13(7-12)14(16,17)18/h3-4,7,10H,5-6,8-9H2,1-2H3. The molecule has 0 amide bonds. The van der Waals surface area contributed by atoms with Crippen molar-refractivity contribution in [2.75, 3.05) is 31.6 Å². The summed E-state index contributed by atoms with van der Waals surface area (Å²) in [6.45, 7) is 4.46. The maximum atomic E-state index is 13.1. The molecule has 0 N–H and O–H groups in total. The Morgan fingerprint density at radius 2 is 2.00 bits per heavy atom. The Bertz CT molecular complexity index is 476. The van der Waals surface area contributed by atoms with Gasteiger partial charge in [0.05, 0.1) is 5.56 Å². The highest BCUT2D eigenvalue weighted by atomic mass is 79.9. The second-order valence-electron chi connectivity index (χ2n) is 5.25. The van der Waals surface area contributed by atoms with Crippen LogP contribution in [0, 0.1) is 0 Å². The predicted octanol–water partition coefficient (Wildman–Crippen LogP) is 3.74. The van der Waals surface area contributed by atoms with Crippen LogP contribution in [0.3, 0.4) is 0 Å². The van der Waals surface area contributed by atoms with Crippen molar-refractivity contribution in [1.82, 2.24) is 4.90 Å². The molecular weight excluding hydrogens is 333 g/mol. The van der Waals surface area contributed by atoms with Gasteiger partial charge in [-0.1, -0.05) is 22.0 Å². The highest BCUT2D eigenvalue weighted by Gasteiger charge is 2.34. The van der Waals surface area contributed by atoms with E-state index in [4.69, 9.17) is 0 Å². The van der Waals surface area contributed by atoms with Gasteiger partial charge in [-0.15, -0.1) is 0 Å². The topological polar surface area (TPSA) is 6.48 Å². The Morgan fingerprint density at radius 1 is 1.30 bits per heavy atom. The third-order valence-corrected chi connectivity index (χ3v) is 4.47. The van der Waals surface area contributed by atoms with Crippen molar-refractivity contribution >= 4 is 21.6 Å². The third-order valence-electron chi connectivity index (χ3n) is 3.87. The van der Waals surface area contributed by atoms with E-state index in [1.165, 1.54) is 6.07 Å². The van der Waals surface area contributed by atoms with Crippen LogP contribution >= 0.6 is 15.9 Å². The number of nitrogens with zero attached hydrogens (tertiary/aromatic N) is 2. The van der Waals surface area contributed by atoms with Gasteiger partial charge < -0.3 is 9.80 Å². The van der Waals surface area contributed by atoms with Gasteiger partial charge in [-0.05, 0) is 31.7 Å². The number of hydrogen-bond acceptors (Lipinski definition) is 2. The molecule has 1 aliphatic heterocycles. The molecule has 0 aliphatic carbocycles. The van der Waals surface area contributed by atoms with E-state index in [-0.39, 0.29) is 10.9 Å². The molecule has 6 heteroatoms. The molecule has 0 saturated carbocycles. The summed E-state index contributed by atoms with van der Waals surface area (Å²) >= 11 is 3.12. The number of rotatable bonds is 2. The fourth-order valence-corrected chi connectivity index (χ4v) is 2.91. The average molecular weight is 351 g/mol. The summed E-state index contributed by atoms with van der Waals surface area (Å²) in [4.78, 5) is 4.24. The Morgan fingerprint density at radius 3 is 2.55 bits per heavy atom. The van der Waals surface area contributed by atoms with Gasteiger partial charge >= 0.3 is 6.18 Å². The van der Waals surface area contributed by atoms with E-state index in [0.717, 1.165) is 19.6 Å². The molecule has 0 radical (unpaired) electrons. The minimum absolute atomic E-state index is 0.210. The molecule has 1 heterocycles. The smallest absolute Gasteiger partial charge is 0.369 e. The van der Waals surface area contributed by atoms with Gasteiger partial charge in [0.1, 0.15) is 0 Å². The summed E-state index contributed by atoms with van der Waals surface area (Å²) in [5.74, 6) is 0. The molecule has 0 aromatic heterocycles. The van der Waals surface area contributed by atoms with Crippen LogP contribution in [0.4, 0.5) is 18.9 Å². The van der Waals surface area contributed by atoms with Crippen LogP contribution in [0.15, 0.2) is 18.2 Å². The van der Waals surface area contributed by atoms with Crippen molar-refractivity contribution in [3.63, 3.8) is 0 Å². The number of anilines is 1. The number of piperazine rings is 1. The van der Waals surface area contributed by atoms with Crippen LogP contribution in [-0.4, -0.2) is 37.6 Å². The lowest BCUT2D eigenvalue weighted by Gasteiger charge is -2.39. The molecule has 1 fully saturated rings. The highest BCUT2D eigenvalue weighted by Crippen LogP contribution is 2.35. The minimum atomic E-state index is -4.31. The van der Waals surface area contributed by atoms with Crippen molar-refractivity contribution in [2.24, 2.45) is 0 Å². The third kappa shape index (κ3) is 3.28. The van der Waals surface area contributed by atoms with Gasteiger partial charge in [0.25, 0.3) is 0 Å².